The maximum atomic E-state index is 14.7. The van der Waals surface area contributed by atoms with E-state index in [4.69, 9.17) is 5.73 Å². The summed E-state index contributed by atoms with van der Waals surface area (Å²) in [7, 11) is 0. The number of hydrogen-bond donors (Lipinski definition) is 10. The van der Waals surface area contributed by atoms with Crippen LogP contribution in [0.5, 0.6) is 0 Å². The Balaban J connectivity index is 1.71. The summed E-state index contributed by atoms with van der Waals surface area (Å²) >= 11 is 0. The Hall–Kier alpha value is -6.23. The molecule has 11 N–H and O–H groups in total. The van der Waals surface area contributed by atoms with E-state index in [2.05, 4.69) is 36.6 Å². The third kappa shape index (κ3) is 12.9. The van der Waals surface area contributed by atoms with Crippen LogP contribution in [-0.4, -0.2) is 97.9 Å². The number of nitrogens with one attached hydrogen (secondary N) is 7. The third-order valence-corrected chi connectivity index (χ3v) is 11.2. The van der Waals surface area contributed by atoms with E-state index in [9.17, 15) is 43.8 Å². The Morgan fingerprint density at radius 1 is 0.590 bits per heavy atom. The summed E-state index contributed by atoms with van der Waals surface area (Å²) in [6.07, 6.45) is 3.66. The van der Waals surface area contributed by atoms with Crippen LogP contribution in [0.2, 0.25) is 0 Å². The van der Waals surface area contributed by atoms with Crippen LogP contribution in [0, 0.1) is 17.8 Å². The monoisotopic (exact) mass is 844 g/mol. The highest BCUT2D eigenvalue weighted by Crippen LogP contribution is 2.22. The van der Waals surface area contributed by atoms with Gasteiger partial charge in [0.25, 0.3) is 0 Å². The third-order valence-electron chi connectivity index (χ3n) is 11.2. The molecule has 4 aromatic rings. The van der Waals surface area contributed by atoms with Gasteiger partial charge in [-0.1, -0.05) is 90.8 Å². The lowest BCUT2D eigenvalue weighted by Gasteiger charge is -2.29. The van der Waals surface area contributed by atoms with Gasteiger partial charge in [-0.25, -0.2) is 4.79 Å². The Morgan fingerprint density at radius 2 is 1.03 bits per heavy atom. The van der Waals surface area contributed by atoms with Crippen LogP contribution in [0.1, 0.15) is 78.4 Å². The summed E-state index contributed by atoms with van der Waals surface area (Å²) < 4.78 is 0. The van der Waals surface area contributed by atoms with Gasteiger partial charge in [0, 0.05) is 47.0 Å². The van der Waals surface area contributed by atoms with Crippen molar-refractivity contribution >= 4 is 63.3 Å². The quantitative estimate of drug-likeness (QED) is 0.0521. The molecule has 0 bridgehead atoms. The fourth-order valence-electron chi connectivity index (χ4n) is 7.08. The molecule has 2 aromatic carbocycles. The Morgan fingerprint density at radius 3 is 1.49 bits per heavy atom. The number of H-pyrrole nitrogens is 2. The van der Waals surface area contributed by atoms with Crippen LogP contribution in [0.4, 0.5) is 0 Å². The molecule has 2 heterocycles. The molecule has 8 atom stereocenters. The number of para-hydroxylation sites is 2. The number of rotatable bonds is 23. The van der Waals surface area contributed by atoms with Crippen molar-refractivity contribution in [3.63, 3.8) is 0 Å². The predicted molar refractivity (Wildman–Crippen MR) is 230 cm³/mol. The number of carbonyl (C=O) groups excluding carboxylic acids is 5. The molecule has 0 saturated carbocycles. The maximum absolute atomic E-state index is 14.7. The summed E-state index contributed by atoms with van der Waals surface area (Å²) in [4.78, 5) is 99.6. The molecule has 17 heteroatoms. The van der Waals surface area contributed by atoms with Crippen LogP contribution < -0.4 is 32.3 Å². The Labute approximate surface area is 354 Å². The zero-order chi connectivity index (χ0) is 45.0. The first-order valence-corrected chi connectivity index (χ1v) is 20.8. The molecule has 0 fully saturated rings. The van der Waals surface area contributed by atoms with Gasteiger partial charge in [-0.2, -0.15) is 0 Å². The first-order chi connectivity index (χ1) is 28.9. The van der Waals surface area contributed by atoms with E-state index in [-0.39, 0.29) is 37.0 Å². The van der Waals surface area contributed by atoms with Gasteiger partial charge in [0.1, 0.15) is 30.2 Å². The Bertz CT molecular complexity index is 2180. The second-order valence-electron chi connectivity index (χ2n) is 16.2. The molecular formula is C44H60N8O9. The second kappa shape index (κ2) is 21.9. The van der Waals surface area contributed by atoms with Gasteiger partial charge >= 0.3 is 11.9 Å². The molecule has 0 unspecified atom stereocenters. The number of carboxylic acids is 2. The van der Waals surface area contributed by atoms with Crippen molar-refractivity contribution < 1.29 is 43.8 Å². The predicted octanol–water partition coefficient (Wildman–Crippen LogP) is 2.88. The zero-order valence-electron chi connectivity index (χ0n) is 35.5. The summed E-state index contributed by atoms with van der Waals surface area (Å²) in [5.41, 5.74) is 9.16. The number of aliphatic carboxylic acids is 2. The van der Waals surface area contributed by atoms with Gasteiger partial charge in [0.15, 0.2) is 0 Å². The molecule has 61 heavy (non-hydrogen) atoms. The molecule has 2 aromatic heterocycles. The molecule has 0 aliphatic carbocycles. The van der Waals surface area contributed by atoms with E-state index in [1.807, 2.05) is 69.3 Å². The molecule has 330 valence electrons. The molecular weight excluding hydrogens is 785 g/mol. The van der Waals surface area contributed by atoms with Crippen molar-refractivity contribution in [3.8, 4) is 0 Å². The minimum Gasteiger partial charge on any atom is -0.481 e. The summed E-state index contributed by atoms with van der Waals surface area (Å²) in [5, 5.41) is 33.8. The van der Waals surface area contributed by atoms with Crippen molar-refractivity contribution in [3.05, 3.63) is 72.1 Å². The number of carboxylic acid groups (broad SMARTS) is 2. The molecule has 0 aliphatic rings. The van der Waals surface area contributed by atoms with Crippen LogP contribution in [-0.2, 0) is 46.4 Å². The normalized spacial score (nSPS) is 15.4. The molecule has 5 amide bonds. The number of aromatic amines is 2. The van der Waals surface area contributed by atoms with Crippen LogP contribution in [0.25, 0.3) is 21.8 Å². The fourth-order valence-corrected chi connectivity index (χ4v) is 7.08. The van der Waals surface area contributed by atoms with Crippen molar-refractivity contribution in [1.29, 1.82) is 0 Å². The first-order valence-electron chi connectivity index (χ1n) is 20.8. The minimum atomic E-state index is -1.76. The fraction of sp³-hybridized carbons (Fsp3) is 0.477. The summed E-state index contributed by atoms with van der Waals surface area (Å²) in [5.74, 6) is -7.26. The maximum Gasteiger partial charge on any atom is 0.326 e. The summed E-state index contributed by atoms with van der Waals surface area (Å²) in [6, 6.07) is 7.17. The summed E-state index contributed by atoms with van der Waals surface area (Å²) in [6.45, 7) is 11.0. The van der Waals surface area contributed by atoms with Gasteiger partial charge in [-0.3, -0.25) is 28.8 Å². The van der Waals surface area contributed by atoms with Crippen LogP contribution in [0.15, 0.2) is 60.9 Å². The molecule has 0 aliphatic heterocycles. The number of fused-ring (bicyclic) bond motifs is 2. The standard InChI is InChI=1S/C44H60N8O9/c1-7-24(5)37(45)42(58)52-38(25(6)8-2)43(59)50-34(19-27-22-47-31-16-12-10-14-29(27)31)41(57)49-33(18-26-21-46-30-15-11-9-13-28(26)30)40(56)48-32(17-23(3)4)39(55)51-35(44(60)61)20-36(53)54/h9-16,21-25,32-35,37-38,46-47H,7-8,17-20,45H2,1-6H3,(H,48,56)(H,49,57)(H,50,59)(H,51,55)(H,52,58)(H,53,54)(H,60,61)/t24-,25-,32-,33-,34-,35-,37-,38-/m0/s1. The zero-order valence-corrected chi connectivity index (χ0v) is 35.5. The number of nitrogens with two attached hydrogens (primary N) is 1. The number of benzene rings is 2. The average molecular weight is 845 g/mol. The van der Waals surface area contributed by atoms with Crippen molar-refractivity contribution in [2.45, 2.75) is 116 Å². The van der Waals surface area contributed by atoms with E-state index in [0.29, 0.717) is 24.0 Å². The number of amides is 5. The van der Waals surface area contributed by atoms with Crippen LogP contribution in [0.3, 0.4) is 0 Å². The first kappa shape index (κ1) is 47.4. The van der Waals surface area contributed by atoms with Gasteiger partial charge in [0.2, 0.25) is 29.5 Å². The average Bonchev–Trinajstić information content (AvgIpc) is 3.83. The van der Waals surface area contributed by atoms with E-state index in [1.165, 1.54) is 0 Å². The van der Waals surface area contributed by atoms with Gasteiger partial charge in [-0.15, -0.1) is 0 Å². The highest BCUT2D eigenvalue weighted by Gasteiger charge is 2.35. The van der Waals surface area contributed by atoms with E-state index in [0.717, 1.165) is 21.8 Å². The lowest BCUT2D eigenvalue weighted by molar-refractivity contribution is -0.147. The number of aromatic nitrogens is 2. The largest absolute Gasteiger partial charge is 0.481 e. The minimum absolute atomic E-state index is 0.0187. The topological polar surface area (TPSA) is 278 Å². The molecule has 0 saturated heterocycles. The molecule has 0 radical (unpaired) electrons. The lowest BCUT2D eigenvalue weighted by Crippen LogP contribution is -2.61. The number of hydrogen-bond acceptors (Lipinski definition) is 8. The Kier molecular flexibility index (Phi) is 17.0. The molecule has 4 rings (SSSR count). The van der Waals surface area contributed by atoms with Crippen LogP contribution >= 0.6 is 0 Å². The second-order valence-corrected chi connectivity index (χ2v) is 16.2. The van der Waals surface area contributed by atoms with E-state index in [1.54, 1.807) is 33.2 Å². The highest BCUT2D eigenvalue weighted by molar-refractivity contribution is 5.98. The van der Waals surface area contributed by atoms with Crippen molar-refractivity contribution in [1.82, 2.24) is 36.6 Å². The van der Waals surface area contributed by atoms with Gasteiger partial charge in [-0.05, 0) is 47.4 Å². The van der Waals surface area contributed by atoms with E-state index < -0.39 is 84.1 Å². The molecule has 17 nitrogen and oxygen atoms in total. The lowest BCUT2D eigenvalue weighted by atomic mass is 9.94. The van der Waals surface area contributed by atoms with E-state index >= 15 is 0 Å². The van der Waals surface area contributed by atoms with Gasteiger partial charge in [0.05, 0.1) is 12.5 Å². The van der Waals surface area contributed by atoms with Gasteiger partial charge < -0.3 is 52.5 Å². The number of carbonyl (C=O) groups is 7. The van der Waals surface area contributed by atoms with Crippen molar-refractivity contribution in [2.75, 3.05) is 0 Å². The molecule has 0 spiro atoms. The smallest absolute Gasteiger partial charge is 0.326 e. The van der Waals surface area contributed by atoms with Crippen molar-refractivity contribution in [2.24, 2.45) is 23.5 Å². The SMILES string of the molecule is CC[C@H](C)[C@H](N)C(=O)N[C@H](C(=O)N[C@@H](Cc1c[nH]c2ccccc12)C(=O)N[C@@H](Cc1c[nH]c2ccccc12)C(=O)N[C@@H](CC(C)C)C(=O)N[C@@H](CC(=O)O)C(=O)O)[C@@H](C)CC. The highest BCUT2D eigenvalue weighted by atomic mass is 16.4.